The normalized spacial score (nSPS) is 10.3. The van der Waals surface area contributed by atoms with Gasteiger partial charge >= 0.3 is 0 Å². The van der Waals surface area contributed by atoms with Gasteiger partial charge in [0.05, 0.1) is 0 Å². The summed E-state index contributed by atoms with van der Waals surface area (Å²) in [7, 11) is 0. The molecule has 2 aromatic rings. The lowest BCUT2D eigenvalue weighted by atomic mass is 10.2. The minimum absolute atomic E-state index is 0.111. The van der Waals surface area contributed by atoms with Crippen LogP contribution in [0.25, 0.3) is 0 Å². The summed E-state index contributed by atoms with van der Waals surface area (Å²) in [5.41, 5.74) is 0.835. The number of amides is 1. The molecule has 0 saturated heterocycles. The molecule has 94 valence electrons. The molecule has 1 heterocycles. The average molecular weight is 268 g/mol. The van der Waals surface area contributed by atoms with Crippen LogP contribution in [-0.2, 0) is 17.9 Å². The Hall–Kier alpha value is -1.88. The summed E-state index contributed by atoms with van der Waals surface area (Å²) in [4.78, 5) is 15.4. The predicted octanol–water partition coefficient (Wildman–Crippen LogP) is 1.99. The summed E-state index contributed by atoms with van der Waals surface area (Å²) in [6.45, 7) is 0.464. The SMILES string of the molecule is O=C(Cn1ccnc1Cl)NCc1ccc(F)cc1. The molecule has 0 fully saturated rings. The van der Waals surface area contributed by atoms with Crippen LogP contribution in [0.4, 0.5) is 4.39 Å². The molecule has 0 unspecified atom stereocenters. The number of carbonyl (C=O) groups excluding carboxylic acids is 1. The Kier molecular flexibility index (Phi) is 3.94. The predicted molar refractivity (Wildman–Crippen MR) is 65.5 cm³/mol. The number of aromatic nitrogens is 2. The number of hydrogen-bond donors (Lipinski definition) is 1. The maximum Gasteiger partial charge on any atom is 0.240 e. The summed E-state index contributed by atoms with van der Waals surface area (Å²) in [5.74, 6) is -0.477. The summed E-state index contributed by atoms with van der Waals surface area (Å²) >= 11 is 5.75. The van der Waals surface area contributed by atoms with Crippen LogP contribution < -0.4 is 5.32 Å². The Labute approximate surface area is 108 Å². The first-order valence-corrected chi connectivity index (χ1v) is 5.71. The van der Waals surface area contributed by atoms with Gasteiger partial charge in [-0.05, 0) is 29.3 Å². The number of rotatable bonds is 4. The number of nitrogens with zero attached hydrogens (tertiary/aromatic N) is 2. The summed E-state index contributed by atoms with van der Waals surface area (Å²) < 4.78 is 14.2. The Morgan fingerprint density at radius 3 is 2.72 bits per heavy atom. The second-order valence-corrected chi connectivity index (χ2v) is 4.07. The zero-order valence-electron chi connectivity index (χ0n) is 9.44. The van der Waals surface area contributed by atoms with Gasteiger partial charge in [-0.25, -0.2) is 9.37 Å². The molecule has 18 heavy (non-hydrogen) atoms. The zero-order chi connectivity index (χ0) is 13.0. The fraction of sp³-hybridized carbons (Fsp3) is 0.167. The van der Waals surface area contributed by atoms with Crippen LogP contribution in [0.3, 0.4) is 0 Å². The highest BCUT2D eigenvalue weighted by Crippen LogP contribution is 2.05. The molecule has 0 bridgehead atoms. The van der Waals surface area contributed by atoms with Gasteiger partial charge in [-0.2, -0.15) is 0 Å². The van der Waals surface area contributed by atoms with E-state index in [0.717, 1.165) is 5.56 Å². The fourth-order valence-corrected chi connectivity index (χ4v) is 1.61. The first-order chi connectivity index (χ1) is 8.65. The van der Waals surface area contributed by atoms with Crippen molar-refractivity contribution in [2.24, 2.45) is 0 Å². The Morgan fingerprint density at radius 2 is 2.11 bits per heavy atom. The minimum atomic E-state index is -0.296. The molecule has 0 atom stereocenters. The van der Waals surface area contributed by atoms with Crippen molar-refractivity contribution in [2.75, 3.05) is 0 Å². The fourth-order valence-electron chi connectivity index (χ4n) is 1.44. The van der Waals surface area contributed by atoms with Crippen LogP contribution in [0.15, 0.2) is 36.7 Å². The van der Waals surface area contributed by atoms with Crippen LogP contribution in [-0.4, -0.2) is 15.5 Å². The van der Waals surface area contributed by atoms with Gasteiger partial charge in [0, 0.05) is 18.9 Å². The van der Waals surface area contributed by atoms with Crippen molar-refractivity contribution >= 4 is 17.5 Å². The van der Waals surface area contributed by atoms with Crippen LogP contribution in [0.2, 0.25) is 5.28 Å². The van der Waals surface area contributed by atoms with Crippen molar-refractivity contribution in [3.63, 3.8) is 0 Å². The molecule has 0 aliphatic rings. The molecule has 1 amide bonds. The van der Waals surface area contributed by atoms with Crippen LogP contribution in [0, 0.1) is 5.82 Å². The smallest absolute Gasteiger partial charge is 0.240 e. The highest BCUT2D eigenvalue weighted by Gasteiger charge is 2.05. The number of nitrogens with one attached hydrogen (secondary N) is 1. The van der Waals surface area contributed by atoms with Gasteiger partial charge in [0.2, 0.25) is 11.2 Å². The van der Waals surface area contributed by atoms with E-state index in [-0.39, 0.29) is 23.6 Å². The molecule has 0 saturated carbocycles. The molecular weight excluding hydrogens is 257 g/mol. The third-order valence-corrected chi connectivity index (χ3v) is 2.70. The van der Waals surface area contributed by atoms with Gasteiger partial charge in [-0.15, -0.1) is 0 Å². The van der Waals surface area contributed by atoms with E-state index in [4.69, 9.17) is 11.6 Å². The number of benzene rings is 1. The van der Waals surface area contributed by atoms with Gasteiger partial charge in [0.15, 0.2) is 0 Å². The molecule has 1 aromatic heterocycles. The number of hydrogen-bond acceptors (Lipinski definition) is 2. The van der Waals surface area contributed by atoms with E-state index in [1.54, 1.807) is 18.3 Å². The van der Waals surface area contributed by atoms with Gasteiger partial charge < -0.3 is 9.88 Å². The van der Waals surface area contributed by atoms with Gasteiger partial charge in [0.25, 0.3) is 0 Å². The maximum absolute atomic E-state index is 12.7. The summed E-state index contributed by atoms with van der Waals surface area (Å²) in [5, 5.41) is 2.99. The first kappa shape index (κ1) is 12.6. The molecule has 0 aliphatic heterocycles. The van der Waals surface area contributed by atoms with E-state index < -0.39 is 0 Å². The minimum Gasteiger partial charge on any atom is -0.350 e. The number of imidazole rings is 1. The molecular formula is C12H11ClFN3O. The van der Waals surface area contributed by atoms with Crippen LogP contribution in [0.1, 0.15) is 5.56 Å². The third kappa shape index (κ3) is 3.30. The maximum atomic E-state index is 12.7. The Morgan fingerprint density at radius 1 is 1.39 bits per heavy atom. The monoisotopic (exact) mass is 267 g/mol. The van der Waals surface area contributed by atoms with E-state index in [1.807, 2.05) is 0 Å². The van der Waals surface area contributed by atoms with Crippen molar-refractivity contribution in [3.05, 3.63) is 53.3 Å². The van der Waals surface area contributed by atoms with E-state index in [0.29, 0.717) is 6.54 Å². The van der Waals surface area contributed by atoms with Crippen LogP contribution in [0.5, 0.6) is 0 Å². The van der Waals surface area contributed by atoms with Crippen molar-refractivity contribution in [1.82, 2.24) is 14.9 Å². The highest BCUT2D eigenvalue weighted by molar-refractivity contribution is 6.28. The lowest BCUT2D eigenvalue weighted by molar-refractivity contribution is -0.121. The first-order valence-electron chi connectivity index (χ1n) is 5.33. The molecule has 2 rings (SSSR count). The largest absolute Gasteiger partial charge is 0.350 e. The second-order valence-electron chi connectivity index (χ2n) is 3.73. The molecule has 1 N–H and O–H groups in total. The van der Waals surface area contributed by atoms with Crippen molar-refractivity contribution in [2.45, 2.75) is 13.1 Å². The van der Waals surface area contributed by atoms with E-state index in [9.17, 15) is 9.18 Å². The molecule has 1 aromatic carbocycles. The zero-order valence-corrected chi connectivity index (χ0v) is 10.2. The Balaban J connectivity index is 1.85. The highest BCUT2D eigenvalue weighted by atomic mass is 35.5. The van der Waals surface area contributed by atoms with E-state index >= 15 is 0 Å². The molecule has 6 heteroatoms. The standard InChI is InChI=1S/C12H11ClFN3O/c13-12-15-5-6-17(12)8-11(18)16-7-9-1-3-10(14)4-2-9/h1-6H,7-8H2,(H,16,18). The van der Waals surface area contributed by atoms with Crippen molar-refractivity contribution in [1.29, 1.82) is 0 Å². The lowest BCUT2D eigenvalue weighted by Crippen LogP contribution is -2.26. The quantitative estimate of drug-likeness (QED) is 0.921. The second kappa shape index (κ2) is 5.64. The molecule has 4 nitrogen and oxygen atoms in total. The average Bonchev–Trinajstić information content (AvgIpc) is 2.74. The molecule has 0 spiro atoms. The third-order valence-electron chi connectivity index (χ3n) is 2.38. The molecule has 0 aliphatic carbocycles. The topological polar surface area (TPSA) is 46.9 Å². The van der Waals surface area contributed by atoms with Crippen LogP contribution >= 0.6 is 11.6 Å². The van der Waals surface area contributed by atoms with E-state index in [1.165, 1.54) is 22.9 Å². The van der Waals surface area contributed by atoms with E-state index in [2.05, 4.69) is 10.3 Å². The van der Waals surface area contributed by atoms with Crippen molar-refractivity contribution < 1.29 is 9.18 Å². The van der Waals surface area contributed by atoms with Gasteiger partial charge in [0.1, 0.15) is 12.4 Å². The summed E-state index contributed by atoms with van der Waals surface area (Å²) in [6, 6.07) is 5.96. The van der Waals surface area contributed by atoms with Crippen molar-refractivity contribution in [3.8, 4) is 0 Å². The lowest BCUT2D eigenvalue weighted by Gasteiger charge is -2.06. The number of halogens is 2. The molecule has 0 radical (unpaired) electrons. The summed E-state index contributed by atoms with van der Waals surface area (Å²) in [6.07, 6.45) is 3.15. The van der Waals surface area contributed by atoms with Gasteiger partial charge in [-0.1, -0.05) is 12.1 Å². The Bertz CT molecular complexity index is 539. The van der Waals surface area contributed by atoms with Gasteiger partial charge in [-0.3, -0.25) is 4.79 Å². The number of carbonyl (C=O) groups is 1.